The molecule has 0 fully saturated rings. The van der Waals surface area contributed by atoms with Crippen LogP contribution in [0.1, 0.15) is 13.3 Å². The van der Waals surface area contributed by atoms with Crippen LogP contribution in [0.3, 0.4) is 0 Å². The number of aromatic nitrogens is 4. The number of nitrogens with one attached hydrogen (secondary N) is 3. The van der Waals surface area contributed by atoms with E-state index in [1.165, 1.54) is 6.20 Å². The Morgan fingerprint density at radius 2 is 2.25 bits per heavy atom. The zero-order chi connectivity index (χ0) is 14.1. The molecular weight excluding hydrogens is 303 g/mol. The standard InChI is InChI=1S/C11H12Cl2N6O/c1-5-2-3-20-10-7(8(13)18-19-10)16-11-14-4-6(12)9(15-5)17-11/h4-5H,2-3H2,1H3,(H,18,19)(H2,14,15,16,17)/t5-/m1/s1. The minimum Gasteiger partial charge on any atom is -0.475 e. The average Bonchev–Trinajstić information content (AvgIpc) is 2.74. The third-order valence-electron chi connectivity index (χ3n) is 2.84. The van der Waals surface area contributed by atoms with Crippen LogP contribution in [0.2, 0.25) is 10.2 Å². The molecule has 3 N–H and O–H groups in total. The first-order valence-corrected chi connectivity index (χ1v) is 6.82. The van der Waals surface area contributed by atoms with Crippen molar-refractivity contribution in [3.63, 3.8) is 0 Å². The zero-order valence-corrected chi connectivity index (χ0v) is 12.1. The molecule has 0 amide bonds. The first-order chi connectivity index (χ1) is 9.63. The van der Waals surface area contributed by atoms with E-state index >= 15 is 0 Å². The zero-order valence-electron chi connectivity index (χ0n) is 10.6. The minimum atomic E-state index is 0.145. The normalized spacial score (nSPS) is 18.1. The number of H-pyrrole nitrogens is 1. The molecule has 3 rings (SSSR count). The highest BCUT2D eigenvalue weighted by Gasteiger charge is 2.18. The predicted molar refractivity (Wildman–Crippen MR) is 77.1 cm³/mol. The molecule has 7 nitrogen and oxygen atoms in total. The van der Waals surface area contributed by atoms with Gasteiger partial charge in [-0.15, -0.1) is 5.10 Å². The van der Waals surface area contributed by atoms with Crippen molar-refractivity contribution < 1.29 is 4.74 Å². The van der Waals surface area contributed by atoms with Gasteiger partial charge in [0.05, 0.1) is 12.8 Å². The van der Waals surface area contributed by atoms with Gasteiger partial charge in [0.15, 0.2) is 11.0 Å². The van der Waals surface area contributed by atoms with Crippen LogP contribution in [0.5, 0.6) is 5.88 Å². The van der Waals surface area contributed by atoms with E-state index in [4.69, 9.17) is 27.9 Å². The maximum atomic E-state index is 6.08. The summed E-state index contributed by atoms with van der Waals surface area (Å²) in [5.41, 5.74) is 0.509. The second kappa shape index (κ2) is 5.34. The molecular formula is C11H12Cl2N6O. The number of aromatic amines is 1. The van der Waals surface area contributed by atoms with Crippen molar-refractivity contribution in [2.24, 2.45) is 0 Å². The molecule has 1 atom stereocenters. The third kappa shape index (κ3) is 2.59. The lowest BCUT2D eigenvalue weighted by molar-refractivity contribution is 0.294. The fraction of sp³-hybridized carbons (Fsp3) is 0.364. The monoisotopic (exact) mass is 314 g/mol. The van der Waals surface area contributed by atoms with Crippen LogP contribution < -0.4 is 15.4 Å². The number of hydrogen-bond acceptors (Lipinski definition) is 6. The van der Waals surface area contributed by atoms with E-state index in [1.807, 2.05) is 6.92 Å². The summed E-state index contributed by atoms with van der Waals surface area (Å²) in [6, 6.07) is 0.145. The molecule has 106 valence electrons. The molecule has 0 aliphatic carbocycles. The Hall–Kier alpha value is -1.73. The van der Waals surface area contributed by atoms with Crippen LogP contribution in [-0.2, 0) is 0 Å². The van der Waals surface area contributed by atoms with Crippen molar-refractivity contribution >= 4 is 40.7 Å². The molecule has 0 radical (unpaired) electrons. The Morgan fingerprint density at radius 1 is 1.40 bits per heavy atom. The van der Waals surface area contributed by atoms with Crippen molar-refractivity contribution in [3.8, 4) is 5.88 Å². The molecule has 2 aromatic rings. The second-order valence-corrected chi connectivity index (χ2v) is 5.20. The van der Waals surface area contributed by atoms with Gasteiger partial charge in [0.1, 0.15) is 10.7 Å². The molecule has 0 unspecified atom stereocenters. The third-order valence-corrected chi connectivity index (χ3v) is 3.39. The SMILES string of the molecule is C[C@@H]1CCOc2n[nH]c(Cl)c2Nc2ncc(Cl)c(n2)N1. The average molecular weight is 315 g/mol. The van der Waals surface area contributed by atoms with Crippen molar-refractivity contribution in [1.82, 2.24) is 20.2 Å². The first-order valence-electron chi connectivity index (χ1n) is 6.06. The van der Waals surface area contributed by atoms with Crippen LogP contribution >= 0.6 is 23.2 Å². The van der Waals surface area contributed by atoms with E-state index < -0.39 is 0 Å². The number of rotatable bonds is 0. The van der Waals surface area contributed by atoms with E-state index in [9.17, 15) is 0 Å². The highest BCUT2D eigenvalue weighted by atomic mass is 35.5. The van der Waals surface area contributed by atoms with Gasteiger partial charge >= 0.3 is 0 Å². The number of ether oxygens (including phenoxy) is 1. The smallest absolute Gasteiger partial charge is 0.258 e. The maximum absolute atomic E-state index is 6.08. The van der Waals surface area contributed by atoms with Crippen LogP contribution in [0.4, 0.5) is 17.5 Å². The van der Waals surface area contributed by atoms with Gasteiger partial charge in [0.25, 0.3) is 5.88 Å². The van der Waals surface area contributed by atoms with Crippen LogP contribution in [0.15, 0.2) is 6.20 Å². The molecule has 1 aliphatic heterocycles. The molecule has 0 aromatic carbocycles. The molecule has 0 spiro atoms. The molecule has 20 heavy (non-hydrogen) atoms. The van der Waals surface area contributed by atoms with Gasteiger partial charge in [0.2, 0.25) is 5.95 Å². The predicted octanol–water partition coefficient (Wildman–Crippen LogP) is 2.83. The van der Waals surface area contributed by atoms with Crippen molar-refractivity contribution in [1.29, 1.82) is 0 Å². The van der Waals surface area contributed by atoms with Gasteiger partial charge in [-0.2, -0.15) is 4.98 Å². The molecule has 3 heterocycles. The topological polar surface area (TPSA) is 87.8 Å². The summed E-state index contributed by atoms with van der Waals surface area (Å²) in [5.74, 6) is 1.32. The van der Waals surface area contributed by atoms with Gasteiger partial charge in [-0.1, -0.05) is 23.2 Å². The minimum absolute atomic E-state index is 0.145. The van der Waals surface area contributed by atoms with E-state index in [1.54, 1.807) is 0 Å². The summed E-state index contributed by atoms with van der Waals surface area (Å²) >= 11 is 12.1. The first kappa shape index (κ1) is 13.3. The summed E-state index contributed by atoms with van der Waals surface area (Å²) in [7, 11) is 0. The number of fused-ring (bicyclic) bond motifs is 3. The van der Waals surface area contributed by atoms with E-state index in [-0.39, 0.29) is 6.04 Å². The lowest BCUT2D eigenvalue weighted by atomic mass is 10.2. The molecule has 9 heteroatoms. The van der Waals surface area contributed by atoms with Crippen molar-refractivity contribution in [3.05, 3.63) is 16.4 Å². The molecule has 2 aromatic heterocycles. The summed E-state index contributed by atoms with van der Waals surface area (Å²) in [4.78, 5) is 8.43. The Bertz CT molecular complexity index is 631. The van der Waals surface area contributed by atoms with Crippen molar-refractivity contribution in [2.75, 3.05) is 17.2 Å². The van der Waals surface area contributed by atoms with Gasteiger partial charge in [-0.3, -0.25) is 5.10 Å². The Kier molecular flexibility index (Phi) is 3.54. The summed E-state index contributed by atoms with van der Waals surface area (Å²) in [6.07, 6.45) is 2.29. The fourth-order valence-electron chi connectivity index (χ4n) is 1.80. The number of hydrogen-bond donors (Lipinski definition) is 3. The summed E-state index contributed by atoms with van der Waals surface area (Å²) in [6.45, 7) is 2.51. The van der Waals surface area contributed by atoms with Crippen molar-refractivity contribution in [2.45, 2.75) is 19.4 Å². The Morgan fingerprint density at radius 3 is 3.10 bits per heavy atom. The fourth-order valence-corrected chi connectivity index (χ4v) is 2.11. The van der Waals surface area contributed by atoms with Crippen LogP contribution in [-0.4, -0.2) is 32.8 Å². The van der Waals surface area contributed by atoms with Gasteiger partial charge in [-0.25, -0.2) is 4.98 Å². The lowest BCUT2D eigenvalue weighted by Crippen LogP contribution is -2.19. The quantitative estimate of drug-likeness (QED) is 0.693. The van der Waals surface area contributed by atoms with E-state index in [2.05, 4.69) is 30.8 Å². The van der Waals surface area contributed by atoms with E-state index in [0.29, 0.717) is 40.1 Å². The second-order valence-electron chi connectivity index (χ2n) is 4.42. The van der Waals surface area contributed by atoms with Gasteiger partial charge in [-0.05, 0) is 6.92 Å². The molecule has 1 aliphatic rings. The van der Waals surface area contributed by atoms with Crippen LogP contribution in [0, 0.1) is 0 Å². The maximum Gasteiger partial charge on any atom is 0.258 e. The number of halogens is 2. The molecule has 0 saturated carbocycles. The largest absolute Gasteiger partial charge is 0.475 e. The summed E-state index contributed by atoms with van der Waals surface area (Å²) < 4.78 is 5.60. The number of anilines is 3. The van der Waals surface area contributed by atoms with Gasteiger partial charge in [0, 0.05) is 12.5 Å². The Balaban J connectivity index is 2.02. The molecule has 2 bridgehead atoms. The Labute approximate surface area is 125 Å². The van der Waals surface area contributed by atoms with Crippen LogP contribution in [0.25, 0.3) is 0 Å². The highest BCUT2D eigenvalue weighted by molar-refractivity contribution is 6.33. The highest BCUT2D eigenvalue weighted by Crippen LogP contribution is 2.33. The summed E-state index contributed by atoms with van der Waals surface area (Å²) in [5, 5.41) is 13.6. The molecule has 0 saturated heterocycles. The van der Waals surface area contributed by atoms with E-state index in [0.717, 1.165) is 6.42 Å². The number of nitrogens with zero attached hydrogens (tertiary/aromatic N) is 3. The lowest BCUT2D eigenvalue weighted by Gasteiger charge is -2.14. The van der Waals surface area contributed by atoms with Gasteiger partial charge < -0.3 is 15.4 Å².